The zero-order valence-corrected chi connectivity index (χ0v) is 14.0. The summed E-state index contributed by atoms with van der Waals surface area (Å²) >= 11 is 0. The van der Waals surface area contributed by atoms with Crippen LogP contribution >= 0.6 is 0 Å². The summed E-state index contributed by atoms with van der Waals surface area (Å²) in [6.07, 6.45) is 3.75. The molecule has 0 amide bonds. The molecule has 21 heavy (non-hydrogen) atoms. The van der Waals surface area contributed by atoms with Crippen LogP contribution < -0.4 is 5.32 Å². The maximum atomic E-state index is 12.9. The van der Waals surface area contributed by atoms with Gasteiger partial charge < -0.3 is 5.32 Å². The number of hydrogen-bond donors (Lipinski definition) is 2. The summed E-state index contributed by atoms with van der Waals surface area (Å²) in [6.45, 7) is 8.01. The summed E-state index contributed by atoms with van der Waals surface area (Å²) in [5.41, 5.74) is 1.59. The monoisotopic (exact) mass is 314 g/mol. The molecule has 1 aromatic rings. The molecule has 1 aromatic heterocycles. The number of nitrogens with one attached hydrogen (secondary N) is 2. The minimum absolute atomic E-state index is 0.114. The molecule has 0 radical (unpaired) electrons. The van der Waals surface area contributed by atoms with Gasteiger partial charge in [-0.2, -0.15) is 9.40 Å². The normalized spacial score (nSPS) is 20.2. The fraction of sp³-hybridized carbons (Fsp3) is 0.786. The van der Waals surface area contributed by atoms with Crippen molar-refractivity contribution in [3.8, 4) is 0 Å². The van der Waals surface area contributed by atoms with Crippen LogP contribution in [0.1, 0.15) is 50.8 Å². The maximum absolute atomic E-state index is 12.9. The van der Waals surface area contributed by atoms with Crippen LogP contribution in [0.25, 0.3) is 0 Å². The molecule has 120 valence electrons. The van der Waals surface area contributed by atoms with Gasteiger partial charge in [-0.05, 0) is 39.2 Å². The molecule has 0 aromatic carbocycles. The Hall–Kier alpha value is -0.920. The van der Waals surface area contributed by atoms with E-state index in [1.807, 2.05) is 13.8 Å². The molecule has 2 N–H and O–H groups in total. The fourth-order valence-corrected chi connectivity index (χ4v) is 4.82. The van der Waals surface area contributed by atoms with Crippen molar-refractivity contribution < 1.29 is 8.42 Å². The Morgan fingerprint density at radius 3 is 2.86 bits per heavy atom. The van der Waals surface area contributed by atoms with Gasteiger partial charge in [-0.25, -0.2) is 8.42 Å². The molecular formula is C14H26N4O2S. The van der Waals surface area contributed by atoms with E-state index in [4.69, 9.17) is 0 Å². The Bertz CT molecular complexity index is 568. The number of aryl methyl sites for hydroxylation is 1. The molecule has 1 saturated heterocycles. The lowest BCUT2D eigenvalue weighted by Crippen LogP contribution is -2.36. The van der Waals surface area contributed by atoms with E-state index in [0.29, 0.717) is 13.1 Å². The van der Waals surface area contributed by atoms with Crippen molar-refractivity contribution in [2.24, 2.45) is 0 Å². The highest BCUT2D eigenvalue weighted by Gasteiger charge is 2.37. The Kier molecular flexibility index (Phi) is 5.40. The molecule has 1 aliphatic heterocycles. The van der Waals surface area contributed by atoms with Crippen LogP contribution in [0, 0.1) is 6.92 Å². The fourth-order valence-electron chi connectivity index (χ4n) is 2.89. The molecule has 7 heteroatoms. The third-order valence-electron chi connectivity index (χ3n) is 4.11. The van der Waals surface area contributed by atoms with E-state index in [2.05, 4.69) is 22.4 Å². The van der Waals surface area contributed by atoms with Gasteiger partial charge in [-0.1, -0.05) is 13.8 Å². The third-order valence-corrected chi connectivity index (χ3v) is 6.04. The van der Waals surface area contributed by atoms with Crippen molar-refractivity contribution >= 4 is 10.0 Å². The highest BCUT2D eigenvalue weighted by atomic mass is 32.2. The lowest BCUT2D eigenvalue weighted by Gasteiger charge is -2.22. The van der Waals surface area contributed by atoms with Crippen LogP contribution in [0.15, 0.2) is 5.03 Å². The molecule has 6 nitrogen and oxygen atoms in total. The molecule has 0 bridgehead atoms. The summed E-state index contributed by atoms with van der Waals surface area (Å²) in [5.74, 6) is 0. The summed E-state index contributed by atoms with van der Waals surface area (Å²) in [7, 11) is -3.50. The van der Waals surface area contributed by atoms with Gasteiger partial charge >= 0.3 is 0 Å². The molecule has 2 heterocycles. The Morgan fingerprint density at radius 1 is 1.43 bits per heavy atom. The second-order valence-electron chi connectivity index (χ2n) is 5.63. The van der Waals surface area contributed by atoms with Gasteiger partial charge in [0.15, 0.2) is 5.03 Å². The second kappa shape index (κ2) is 6.89. The van der Waals surface area contributed by atoms with Gasteiger partial charge in [0.2, 0.25) is 0 Å². The number of hydrogen-bond acceptors (Lipinski definition) is 4. The molecule has 0 saturated carbocycles. The quantitative estimate of drug-likeness (QED) is 0.752. The first-order chi connectivity index (χ1) is 10.0. The number of nitrogens with zero attached hydrogens (tertiary/aromatic N) is 2. The van der Waals surface area contributed by atoms with E-state index in [9.17, 15) is 8.42 Å². The van der Waals surface area contributed by atoms with Crippen LogP contribution in [0.4, 0.5) is 0 Å². The van der Waals surface area contributed by atoms with E-state index in [1.165, 1.54) is 0 Å². The zero-order chi connectivity index (χ0) is 15.5. The number of aromatic amines is 1. The molecule has 1 aliphatic rings. The molecule has 0 aliphatic carbocycles. The SMILES string of the molecule is CCCNCc1c(S(=O)(=O)N2CCCC2CC)n[nH]c1C. The Balaban J connectivity index is 2.28. The molecule has 1 atom stereocenters. The summed E-state index contributed by atoms with van der Waals surface area (Å²) in [6, 6.07) is 0.114. The molecule has 0 spiro atoms. The van der Waals surface area contributed by atoms with Crippen molar-refractivity contribution in [2.75, 3.05) is 13.1 Å². The lowest BCUT2D eigenvalue weighted by atomic mass is 10.2. The number of rotatable bonds is 7. The van der Waals surface area contributed by atoms with E-state index >= 15 is 0 Å². The lowest BCUT2D eigenvalue weighted by molar-refractivity contribution is 0.377. The van der Waals surface area contributed by atoms with E-state index in [-0.39, 0.29) is 11.1 Å². The van der Waals surface area contributed by atoms with Gasteiger partial charge in [0.05, 0.1) is 0 Å². The van der Waals surface area contributed by atoms with Crippen molar-refractivity contribution in [3.05, 3.63) is 11.3 Å². The predicted octanol–water partition coefficient (Wildman–Crippen LogP) is 1.78. The van der Waals surface area contributed by atoms with Crippen LogP contribution in [0.3, 0.4) is 0 Å². The first-order valence-corrected chi connectivity index (χ1v) is 9.22. The largest absolute Gasteiger partial charge is 0.313 e. The van der Waals surface area contributed by atoms with E-state index in [0.717, 1.165) is 43.5 Å². The topological polar surface area (TPSA) is 78.1 Å². The van der Waals surface area contributed by atoms with Crippen LogP contribution in [0.2, 0.25) is 0 Å². The van der Waals surface area contributed by atoms with Gasteiger partial charge in [0, 0.05) is 30.4 Å². The van der Waals surface area contributed by atoms with Gasteiger partial charge in [-0.3, -0.25) is 5.10 Å². The molecule has 2 rings (SSSR count). The summed E-state index contributed by atoms with van der Waals surface area (Å²) < 4.78 is 27.4. The predicted molar refractivity (Wildman–Crippen MR) is 82.5 cm³/mol. The number of H-pyrrole nitrogens is 1. The number of aromatic nitrogens is 2. The Labute approximate surface area is 127 Å². The zero-order valence-electron chi connectivity index (χ0n) is 13.1. The average Bonchev–Trinajstić information content (AvgIpc) is 3.07. The summed E-state index contributed by atoms with van der Waals surface area (Å²) in [5, 5.41) is 10.4. The number of sulfonamides is 1. The second-order valence-corrected chi connectivity index (χ2v) is 7.43. The minimum Gasteiger partial charge on any atom is -0.313 e. The highest BCUT2D eigenvalue weighted by Crippen LogP contribution is 2.29. The van der Waals surface area contributed by atoms with E-state index in [1.54, 1.807) is 4.31 Å². The highest BCUT2D eigenvalue weighted by molar-refractivity contribution is 7.89. The van der Waals surface area contributed by atoms with Gasteiger partial charge in [-0.15, -0.1) is 0 Å². The van der Waals surface area contributed by atoms with Crippen molar-refractivity contribution in [3.63, 3.8) is 0 Å². The molecular weight excluding hydrogens is 288 g/mol. The first-order valence-electron chi connectivity index (χ1n) is 7.78. The van der Waals surface area contributed by atoms with Crippen molar-refractivity contribution in [2.45, 2.75) is 64.1 Å². The van der Waals surface area contributed by atoms with Crippen molar-refractivity contribution in [1.82, 2.24) is 19.8 Å². The third kappa shape index (κ3) is 3.30. The minimum atomic E-state index is -3.50. The van der Waals surface area contributed by atoms with Gasteiger partial charge in [0.25, 0.3) is 10.0 Å². The summed E-state index contributed by atoms with van der Waals surface area (Å²) in [4.78, 5) is 0. The molecule has 1 unspecified atom stereocenters. The van der Waals surface area contributed by atoms with Crippen molar-refractivity contribution in [1.29, 1.82) is 0 Å². The standard InChI is InChI=1S/C14H26N4O2S/c1-4-8-15-10-13-11(3)16-17-14(13)21(19,20)18-9-6-7-12(18)5-2/h12,15H,4-10H2,1-3H3,(H,16,17). The van der Waals surface area contributed by atoms with Crippen LogP contribution in [0.5, 0.6) is 0 Å². The smallest absolute Gasteiger partial charge is 0.262 e. The van der Waals surface area contributed by atoms with Crippen LogP contribution in [-0.2, 0) is 16.6 Å². The van der Waals surface area contributed by atoms with E-state index < -0.39 is 10.0 Å². The first kappa shape index (κ1) is 16.5. The maximum Gasteiger partial charge on any atom is 0.262 e. The van der Waals surface area contributed by atoms with Crippen LogP contribution in [-0.4, -0.2) is 42.1 Å². The Morgan fingerprint density at radius 2 is 2.19 bits per heavy atom. The average molecular weight is 314 g/mol. The molecule has 1 fully saturated rings. The van der Waals surface area contributed by atoms with Gasteiger partial charge in [0.1, 0.15) is 0 Å².